The molecule has 1 saturated heterocycles. The summed E-state index contributed by atoms with van der Waals surface area (Å²) in [6, 6.07) is 3.84. The fourth-order valence-electron chi connectivity index (χ4n) is 4.01. The average Bonchev–Trinajstić information content (AvgIpc) is 3.46. The van der Waals surface area contributed by atoms with Crippen LogP contribution >= 0.6 is 0 Å². The highest BCUT2D eigenvalue weighted by Crippen LogP contribution is 2.28. The number of anilines is 1. The number of H-pyrrole nitrogens is 1. The summed E-state index contributed by atoms with van der Waals surface area (Å²) in [4.78, 5) is 57.7. The zero-order valence-electron chi connectivity index (χ0n) is 19.7. The van der Waals surface area contributed by atoms with Crippen LogP contribution in [0.2, 0.25) is 0 Å². The predicted molar refractivity (Wildman–Crippen MR) is 125 cm³/mol. The molecule has 4 heterocycles. The number of nitrogens with zero attached hydrogens (tertiary/aromatic N) is 5. The Kier molecular flexibility index (Phi) is 6.36. The molecule has 2 aromatic heterocycles. The molecular formula is C22H20FN7O8. The molecule has 2 amide bonds. The van der Waals surface area contributed by atoms with Gasteiger partial charge >= 0.3 is 17.9 Å². The van der Waals surface area contributed by atoms with Crippen molar-refractivity contribution < 1.29 is 33.1 Å². The SMILES string of the molecule is CC(=O)NC[C@H]1CN(c2ccc(-c3cnc(O[C@@H]4COc5nc([N+](=O)[O-])cn5C4)[nH]c3=O)c(F)c2)C(=O)O1. The van der Waals surface area contributed by atoms with Crippen molar-refractivity contribution >= 4 is 23.5 Å². The lowest BCUT2D eigenvalue weighted by atomic mass is 10.1. The highest BCUT2D eigenvalue weighted by molar-refractivity contribution is 5.90. The van der Waals surface area contributed by atoms with Crippen LogP contribution in [0.5, 0.6) is 12.0 Å². The molecule has 15 nitrogen and oxygen atoms in total. The number of imidazole rings is 1. The molecule has 1 aromatic carbocycles. The van der Waals surface area contributed by atoms with Crippen molar-refractivity contribution in [1.82, 2.24) is 24.8 Å². The Morgan fingerprint density at radius 1 is 1.34 bits per heavy atom. The van der Waals surface area contributed by atoms with E-state index in [9.17, 15) is 28.9 Å². The van der Waals surface area contributed by atoms with Gasteiger partial charge in [-0.2, -0.15) is 0 Å². The van der Waals surface area contributed by atoms with Crippen LogP contribution < -0.4 is 25.2 Å². The molecule has 2 aliphatic heterocycles. The number of fused-ring (bicyclic) bond motifs is 1. The van der Waals surface area contributed by atoms with Gasteiger partial charge in [0.1, 0.15) is 24.7 Å². The van der Waals surface area contributed by atoms with Crippen LogP contribution in [0.15, 0.2) is 35.4 Å². The maximum Gasteiger partial charge on any atom is 0.414 e. The van der Waals surface area contributed by atoms with E-state index in [4.69, 9.17) is 14.2 Å². The molecule has 0 bridgehead atoms. The lowest BCUT2D eigenvalue weighted by Crippen LogP contribution is -2.35. The Morgan fingerprint density at radius 3 is 2.87 bits per heavy atom. The average molecular weight is 529 g/mol. The Labute approximate surface area is 212 Å². The van der Waals surface area contributed by atoms with Gasteiger partial charge in [0.05, 0.1) is 30.9 Å². The van der Waals surface area contributed by atoms with E-state index in [1.807, 2.05) is 0 Å². The van der Waals surface area contributed by atoms with Crippen molar-refractivity contribution in [2.75, 3.05) is 24.6 Å². The Bertz CT molecular complexity index is 1490. The number of ether oxygens (including phenoxy) is 3. The van der Waals surface area contributed by atoms with Gasteiger partial charge in [-0.3, -0.25) is 24.0 Å². The molecule has 0 aliphatic carbocycles. The van der Waals surface area contributed by atoms with Crippen LogP contribution in [0.3, 0.4) is 0 Å². The molecule has 1 fully saturated rings. The normalized spacial score (nSPS) is 18.4. The number of carbonyl (C=O) groups is 2. The second kappa shape index (κ2) is 9.79. The number of hydrogen-bond acceptors (Lipinski definition) is 10. The summed E-state index contributed by atoms with van der Waals surface area (Å²) in [7, 11) is 0. The minimum atomic E-state index is -0.767. The van der Waals surface area contributed by atoms with Crippen molar-refractivity contribution in [3.8, 4) is 23.1 Å². The van der Waals surface area contributed by atoms with Crippen molar-refractivity contribution in [3.63, 3.8) is 0 Å². The standard InChI is InChI=1S/C22H20FN7O8/c1-11(31)24-5-13-8-29(22(33)38-13)12-2-3-15(17(23)4-12)16-6-25-20(27-19(16)32)37-14-7-28-9-18(30(34)35)26-21(28)36-10-14/h2-4,6,9,13-14H,5,7-8,10H2,1H3,(H,24,31)(H,25,27,32)/t13-,14-/m0/s1. The van der Waals surface area contributed by atoms with E-state index in [-0.39, 0.29) is 66.8 Å². The summed E-state index contributed by atoms with van der Waals surface area (Å²) in [5.41, 5.74) is -0.565. The molecule has 5 rings (SSSR count). The van der Waals surface area contributed by atoms with Crippen molar-refractivity contribution in [2.45, 2.75) is 25.7 Å². The maximum atomic E-state index is 15.0. The Balaban J connectivity index is 1.27. The predicted octanol–water partition coefficient (Wildman–Crippen LogP) is 0.982. The fraction of sp³-hybridized carbons (Fsp3) is 0.318. The minimum absolute atomic E-state index is 0.0142. The number of aromatic nitrogens is 4. The summed E-state index contributed by atoms with van der Waals surface area (Å²) in [5.74, 6) is -1.40. The van der Waals surface area contributed by atoms with Gasteiger partial charge in [-0.05, 0) is 23.1 Å². The number of aromatic amines is 1. The van der Waals surface area contributed by atoms with Crippen LogP contribution in [-0.2, 0) is 16.1 Å². The van der Waals surface area contributed by atoms with Gasteiger partial charge in [-0.15, -0.1) is 0 Å². The van der Waals surface area contributed by atoms with Crippen LogP contribution in [-0.4, -0.2) is 68.3 Å². The summed E-state index contributed by atoms with van der Waals surface area (Å²) in [6.45, 7) is 1.77. The van der Waals surface area contributed by atoms with Gasteiger partial charge in [0, 0.05) is 23.7 Å². The van der Waals surface area contributed by atoms with Crippen molar-refractivity contribution in [1.29, 1.82) is 0 Å². The number of amides is 2. The molecule has 0 unspecified atom stereocenters. The smallest absolute Gasteiger partial charge is 0.414 e. The van der Waals surface area contributed by atoms with Gasteiger partial charge in [0.2, 0.25) is 5.91 Å². The number of hydrogen-bond donors (Lipinski definition) is 2. The fourth-order valence-corrected chi connectivity index (χ4v) is 4.01. The summed E-state index contributed by atoms with van der Waals surface area (Å²) < 4.78 is 32.6. The molecule has 3 aromatic rings. The Hall–Kier alpha value is -5.02. The van der Waals surface area contributed by atoms with Crippen LogP contribution in [0.4, 0.5) is 20.7 Å². The monoisotopic (exact) mass is 529 g/mol. The molecule has 198 valence electrons. The first-order chi connectivity index (χ1) is 18.2. The third-order valence-electron chi connectivity index (χ3n) is 5.77. The van der Waals surface area contributed by atoms with Crippen LogP contribution in [0, 0.1) is 15.9 Å². The maximum absolute atomic E-state index is 15.0. The third kappa shape index (κ3) is 4.95. The quantitative estimate of drug-likeness (QED) is 0.330. The first kappa shape index (κ1) is 24.7. The van der Waals surface area contributed by atoms with Gasteiger partial charge in [-0.1, -0.05) is 0 Å². The van der Waals surface area contributed by atoms with Gasteiger partial charge < -0.3 is 29.6 Å². The minimum Gasteiger partial charge on any atom is -0.456 e. The number of nitro groups is 1. The molecule has 2 aliphatic rings. The summed E-state index contributed by atoms with van der Waals surface area (Å²) in [6.07, 6.45) is 0.464. The van der Waals surface area contributed by atoms with E-state index < -0.39 is 34.6 Å². The van der Waals surface area contributed by atoms with E-state index >= 15 is 0 Å². The molecule has 2 N–H and O–H groups in total. The molecule has 0 spiro atoms. The second-order valence-corrected chi connectivity index (χ2v) is 8.49. The molecule has 38 heavy (non-hydrogen) atoms. The van der Waals surface area contributed by atoms with Crippen molar-refractivity contribution in [2.24, 2.45) is 0 Å². The lowest BCUT2D eigenvalue weighted by molar-refractivity contribution is -0.389. The number of rotatable bonds is 7. The molecule has 16 heteroatoms. The summed E-state index contributed by atoms with van der Waals surface area (Å²) >= 11 is 0. The Morgan fingerprint density at radius 2 is 2.16 bits per heavy atom. The van der Waals surface area contributed by atoms with Crippen LogP contribution in [0.1, 0.15) is 6.92 Å². The first-order valence-electron chi connectivity index (χ1n) is 11.3. The lowest BCUT2D eigenvalue weighted by Gasteiger charge is -2.22. The van der Waals surface area contributed by atoms with Gasteiger partial charge in [0.15, 0.2) is 6.10 Å². The molecule has 0 radical (unpaired) electrons. The molecular weight excluding hydrogens is 509 g/mol. The van der Waals surface area contributed by atoms with E-state index in [2.05, 4.69) is 20.3 Å². The molecule has 0 saturated carbocycles. The number of halogens is 1. The van der Waals surface area contributed by atoms with Gasteiger partial charge in [0.25, 0.3) is 11.6 Å². The largest absolute Gasteiger partial charge is 0.456 e. The van der Waals surface area contributed by atoms with Gasteiger partial charge in [-0.25, -0.2) is 14.2 Å². The van der Waals surface area contributed by atoms with E-state index in [0.29, 0.717) is 0 Å². The highest BCUT2D eigenvalue weighted by atomic mass is 19.1. The van der Waals surface area contributed by atoms with E-state index in [1.165, 1.54) is 34.7 Å². The number of carbonyl (C=O) groups excluding carboxylic acids is 2. The summed E-state index contributed by atoms with van der Waals surface area (Å²) in [5, 5.41) is 13.5. The highest BCUT2D eigenvalue weighted by Gasteiger charge is 2.33. The van der Waals surface area contributed by atoms with Crippen LogP contribution in [0.25, 0.3) is 11.1 Å². The second-order valence-electron chi connectivity index (χ2n) is 8.49. The number of benzene rings is 1. The zero-order chi connectivity index (χ0) is 27.0. The van der Waals surface area contributed by atoms with Crippen molar-refractivity contribution in [3.05, 3.63) is 56.9 Å². The first-order valence-corrected chi connectivity index (χ1v) is 11.3. The number of nitrogens with one attached hydrogen (secondary N) is 2. The zero-order valence-corrected chi connectivity index (χ0v) is 19.7. The van der Waals surface area contributed by atoms with E-state index in [1.54, 1.807) is 0 Å². The third-order valence-corrected chi connectivity index (χ3v) is 5.77. The van der Waals surface area contributed by atoms with E-state index in [0.717, 1.165) is 12.3 Å². The molecule has 2 atom stereocenters. The number of cyclic esters (lactones) is 1. The topological polar surface area (TPSA) is 184 Å².